The highest BCUT2D eigenvalue weighted by Gasteiger charge is 2.28. The third-order valence-corrected chi connectivity index (χ3v) is 6.09. The largest absolute Gasteiger partial charge is 0.383 e. The highest BCUT2D eigenvalue weighted by Crippen LogP contribution is 2.40. The van der Waals surface area contributed by atoms with Crippen molar-refractivity contribution in [1.82, 2.24) is 9.78 Å². The molecule has 3 aromatic rings. The summed E-state index contributed by atoms with van der Waals surface area (Å²) in [5.74, 6) is -0.373. The van der Waals surface area contributed by atoms with E-state index < -0.39 is 11.7 Å². The van der Waals surface area contributed by atoms with Gasteiger partial charge in [-0.3, -0.25) is 9.48 Å². The highest BCUT2D eigenvalue weighted by molar-refractivity contribution is 6.31. The molecule has 8 heteroatoms. The van der Waals surface area contributed by atoms with E-state index in [-0.39, 0.29) is 10.8 Å². The van der Waals surface area contributed by atoms with Gasteiger partial charge in [-0.15, -0.1) is 0 Å². The van der Waals surface area contributed by atoms with Crippen molar-refractivity contribution < 1.29 is 9.18 Å². The number of benzene rings is 2. The van der Waals surface area contributed by atoms with E-state index in [1.807, 2.05) is 14.1 Å². The Morgan fingerprint density at radius 2 is 1.97 bits per heavy atom. The third kappa shape index (κ3) is 4.21. The van der Waals surface area contributed by atoms with Gasteiger partial charge in [0, 0.05) is 32.5 Å². The molecule has 1 unspecified atom stereocenters. The van der Waals surface area contributed by atoms with E-state index in [1.54, 1.807) is 7.05 Å². The van der Waals surface area contributed by atoms with Crippen molar-refractivity contribution in [3.8, 4) is 0 Å². The summed E-state index contributed by atoms with van der Waals surface area (Å²) in [6.45, 7) is 0. The quantitative estimate of drug-likeness (QED) is 0.565. The van der Waals surface area contributed by atoms with E-state index in [9.17, 15) is 9.18 Å². The first-order valence-corrected chi connectivity index (χ1v) is 10.7. The van der Waals surface area contributed by atoms with Crippen molar-refractivity contribution >= 4 is 40.3 Å². The predicted octanol–water partition coefficient (Wildman–Crippen LogP) is 5.07. The van der Waals surface area contributed by atoms with Gasteiger partial charge >= 0.3 is 0 Å². The number of carbonyl (C=O) groups excluding carboxylic acids is 1. The number of anilines is 3. The van der Waals surface area contributed by atoms with Crippen LogP contribution in [-0.4, -0.2) is 29.8 Å². The molecule has 2 aromatic carbocycles. The van der Waals surface area contributed by atoms with Crippen LogP contribution in [0.4, 0.5) is 21.6 Å². The molecule has 4 rings (SSSR count). The second-order valence-electron chi connectivity index (χ2n) is 8.17. The molecule has 1 atom stereocenters. The number of halogens is 2. The topological polar surface area (TPSA) is 76.2 Å². The Morgan fingerprint density at radius 1 is 1.25 bits per heavy atom. The molecule has 1 aromatic heterocycles. The molecule has 0 spiro atoms. The van der Waals surface area contributed by atoms with Gasteiger partial charge in [0.15, 0.2) is 0 Å². The minimum Gasteiger partial charge on any atom is -0.383 e. The lowest BCUT2D eigenvalue weighted by Crippen LogP contribution is -2.15. The molecular formula is C24H25ClFN5O. The van der Waals surface area contributed by atoms with Gasteiger partial charge in [-0.2, -0.15) is 5.10 Å². The van der Waals surface area contributed by atoms with E-state index in [0.29, 0.717) is 22.9 Å². The molecule has 0 saturated carbocycles. The number of carbonyl (C=O) groups is 1. The summed E-state index contributed by atoms with van der Waals surface area (Å²) < 4.78 is 14.9. The van der Waals surface area contributed by atoms with E-state index >= 15 is 0 Å². The number of aromatic nitrogens is 2. The average Bonchev–Trinajstić information content (AvgIpc) is 3.36. The molecule has 0 radical (unpaired) electrons. The second-order valence-corrected chi connectivity index (χ2v) is 8.57. The second kappa shape index (κ2) is 8.67. The number of allylic oxidation sites excluding steroid dienone is 2. The molecule has 0 aliphatic heterocycles. The van der Waals surface area contributed by atoms with Gasteiger partial charge in [-0.25, -0.2) is 4.39 Å². The van der Waals surface area contributed by atoms with Crippen molar-refractivity contribution in [2.75, 3.05) is 30.0 Å². The third-order valence-electron chi connectivity index (χ3n) is 5.80. The van der Waals surface area contributed by atoms with Crippen molar-refractivity contribution in [3.05, 3.63) is 76.2 Å². The standard InChI is InChI=1S/C24H25ClFN5O/c1-30(2)18-9-6-14(7-10-18)15-4-5-16(12-15)22-21(23(27)31(3)29-22)24(32)28-17-8-11-20(26)19(25)13-17/h5-11,13,15H,4,12,27H2,1-3H3,(H,28,32). The van der Waals surface area contributed by atoms with Crippen LogP contribution in [-0.2, 0) is 7.05 Å². The minimum absolute atomic E-state index is 0.0659. The zero-order chi connectivity index (χ0) is 23.0. The molecule has 1 aliphatic carbocycles. The first-order valence-electron chi connectivity index (χ1n) is 10.3. The van der Waals surface area contributed by atoms with Crippen LogP contribution >= 0.6 is 11.6 Å². The number of nitrogens with one attached hydrogen (secondary N) is 1. The maximum Gasteiger partial charge on any atom is 0.261 e. The molecule has 166 valence electrons. The first-order chi connectivity index (χ1) is 15.2. The van der Waals surface area contributed by atoms with Crippen LogP contribution in [0.15, 0.2) is 48.5 Å². The van der Waals surface area contributed by atoms with Gasteiger partial charge in [0.05, 0.1) is 5.02 Å². The molecule has 32 heavy (non-hydrogen) atoms. The lowest BCUT2D eigenvalue weighted by atomic mass is 9.94. The summed E-state index contributed by atoms with van der Waals surface area (Å²) in [6, 6.07) is 12.5. The molecule has 6 nitrogen and oxygen atoms in total. The zero-order valence-corrected chi connectivity index (χ0v) is 18.9. The van der Waals surface area contributed by atoms with Gasteiger partial charge in [-0.05, 0) is 60.2 Å². The lowest BCUT2D eigenvalue weighted by Gasteiger charge is -2.15. The van der Waals surface area contributed by atoms with Crippen molar-refractivity contribution in [2.24, 2.45) is 7.05 Å². The fraction of sp³-hybridized carbons (Fsp3) is 0.250. The van der Waals surface area contributed by atoms with Gasteiger partial charge in [-0.1, -0.05) is 29.8 Å². The molecule has 3 N–H and O–H groups in total. The fourth-order valence-electron chi connectivity index (χ4n) is 3.96. The van der Waals surface area contributed by atoms with E-state index in [4.69, 9.17) is 17.3 Å². The van der Waals surface area contributed by atoms with Crippen LogP contribution in [0.25, 0.3) is 5.57 Å². The molecular weight excluding hydrogens is 429 g/mol. The Balaban J connectivity index is 1.56. The van der Waals surface area contributed by atoms with Crippen molar-refractivity contribution in [1.29, 1.82) is 0 Å². The summed E-state index contributed by atoms with van der Waals surface area (Å²) in [5.41, 5.74) is 10.8. The summed E-state index contributed by atoms with van der Waals surface area (Å²) in [4.78, 5) is 15.1. The maximum absolute atomic E-state index is 13.4. The van der Waals surface area contributed by atoms with Crippen LogP contribution in [0.2, 0.25) is 5.02 Å². The maximum atomic E-state index is 13.4. The predicted molar refractivity (Wildman–Crippen MR) is 128 cm³/mol. The number of nitrogens with zero attached hydrogens (tertiary/aromatic N) is 3. The SMILES string of the molecule is CN(C)c1ccc(C2CC=C(c3nn(C)c(N)c3C(=O)Nc3ccc(F)c(Cl)c3)C2)cc1. The summed E-state index contributed by atoms with van der Waals surface area (Å²) in [6.07, 6.45) is 3.75. The van der Waals surface area contributed by atoms with E-state index in [1.165, 1.54) is 28.4 Å². The smallest absolute Gasteiger partial charge is 0.261 e. The highest BCUT2D eigenvalue weighted by atomic mass is 35.5. The Bertz CT molecular complexity index is 1200. The molecule has 1 heterocycles. The van der Waals surface area contributed by atoms with Gasteiger partial charge < -0.3 is 16.0 Å². The summed E-state index contributed by atoms with van der Waals surface area (Å²) >= 11 is 5.84. The Kier molecular flexibility index (Phi) is 5.93. The molecule has 0 saturated heterocycles. The minimum atomic E-state index is -0.549. The number of nitrogen functional groups attached to an aromatic ring is 1. The average molecular weight is 454 g/mol. The summed E-state index contributed by atoms with van der Waals surface area (Å²) in [5, 5.41) is 7.20. The fourth-order valence-corrected chi connectivity index (χ4v) is 4.14. The molecule has 1 aliphatic rings. The Morgan fingerprint density at radius 3 is 2.62 bits per heavy atom. The lowest BCUT2D eigenvalue weighted by molar-refractivity contribution is 0.102. The van der Waals surface area contributed by atoms with E-state index in [0.717, 1.165) is 24.1 Å². The Labute approximate surface area is 191 Å². The molecule has 1 amide bonds. The van der Waals surface area contributed by atoms with Gasteiger partial charge in [0.25, 0.3) is 5.91 Å². The number of hydrogen-bond acceptors (Lipinski definition) is 4. The van der Waals surface area contributed by atoms with Gasteiger partial charge in [0.1, 0.15) is 22.9 Å². The van der Waals surface area contributed by atoms with Crippen LogP contribution < -0.4 is 16.0 Å². The number of rotatable bonds is 5. The molecule has 0 bridgehead atoms. The Hall–Kier alpha value is -3.32. The van der Waals surface area contributed by atoms with Crippen molar-refractivity contribution in [2.45, 2.75) is 18.8 Å². The van der Waals surface area contributed by atoms with Crippen LogP contribution in [0.5, 0.6) is 0 Å². The van der Waals surface area contributed by atoms with Crippen LogP contribution in [0, 0.1) is 5.82 Å². The zero-order valence-electron chi connectivity index (χ0n) is 18.2. The number of amides is 1. The van der Waals surface area contributed by atoms with Crippen LogP contribution in [0.3, 0.4) is 0 Å². The van der Waals surface area contributed by atoms with Crippen molar-refractivity contribution in [3.63, 3.8) is 0 Å². The number of hydrogen-bond donors (Lipinski definition) is 2. The monoisotopic (exact) mass is 453 g/mol. The summed E-state index contributed by atoms with van der Waals surface area (Å²) in [7, 11) is 5.74. The normalized spacial score (nSPS) is 15.5. The molecule has 0 fully saturated rings. The van der Waals surface area contributed by atoms with Gasteiger partial charge in [0.2, 0.25) is 0 Å². The number of aryl methyl sites for hydroxylation is 1. The van der Waals surface area contributed by atoms with Crippen LogP contribution in [0.1, 0.15) is 40.4 Å². The van der Waals surface area contributed by atoms with E-state index in [2.05, 4.69) is 45.7 Å². The first kappa shape index (κ1) is 21.9. The number of nitrogens with two attached hydrogens (primary N) is 1.